The summed E-state index contributed by atoms with van der Waals surface area (Å²) in [5, 5.41) is 11.1. The summed E-state index contributed by atoms with van der Waals surface area (Å²) in [4.78, 5) is 51.5. The van der Waals surface area contributed by atoms with E-state index in [0.29, 0.717) is 32.7 Å². The summed E-state index contributed by atoms with van der Waals surface area (Å²) in [5.74, 6) is -0.162. The van der Waals surface area contributed by atoms with Crippen molar-refractivity contribution in [3.05, 3.63) is 146 Å². The average Bonchev–Trinajstić information content (AvgIpc) is 3.34. The van der Waals surface area contributed by atoms with E-state index in [2.05, 4.69) is 40.2 Å². The first-order chi connectivity index (χ1) is 30.4. The van der Waals surface area contributed by atoms with Gasteiger partial charge in [-0.3, -0.25) is 39.7 Å². The third-order valence-corrected chi connectivity index (χ3v) is 8.47. The summed E-state index contributed by atoms with van der Waals surface area (Å²) in [6, 6.07) is 32.0. The Labute approximate surface area is 384 Å². The summed E-state index contributed by atoms with van der Waals surface area (Å²) >= 11 is 0. The van der Waals surface area contributed by atoms with Crippen molar-refractivity contribution >= 4 is 18.4 Å². The number of hydrogen-bond acceptors (Lipinski definition) is 14. The number of rotatable bonds is 20. The molecule has 0 saturated carbocycles. The van der Waals surface area contributed by atoms with Crippen molar-refractivity contribution in [2.75, 3.05) is 39.5 Å². The molecule has 1 amide bonds. The van der Waals surface area contributed by atoms with Gasteiger partial charge in [-0.05, 0) is 117 Å². The number of carbonyl (C=O) groups excluding carboxylic acids is 2. The van der Waals surface area contributed by atoms with Crippen LogP contribution in [0.15, 0.2) is 145 Å². The van der Waals surface area contributed by atoms with E-state index in [1.165, 1.54) is 0 Å². The minimum absolute atomic E-state index is 0. The van der Waals surface area contributed by atoms with Crippen molar-refractivity contribution in [2.24, 2.45) is 22.2 Å². The molecule has 63 heavy (non-hydrogen) atoms. The molecule has 0 radical (unpaired) electrons. The number of aliphatic hydroxyl groups is 1. The molecule has 6 heterocycles. The van der Waals surface area contributed by atoms with E-state index in [4.69, 9.17) is 27.0 Å². The first-order valence-corrected chi connectivity index (χ1v) is 20.6. The minimum atomic E-state index is -0.468. The predicted molar refractivity (Wildman–Crippen MR) is 247 cm³/mol. The van der Waals surface area contributed by atoms with E-state index in [1.54, 1.807) is 37.2 Å². The number of aliphatic hydroxyl groups excluding tert-OH is 1. The maximum absolute atomic E-state index is 11.4. The van der Waals surface area contributed by atoms with Gasteiger partial charge in [0, 0.05) is 77.4 Å². The van der Waals surface area contributed by atoms with Gasteiger partial charge in [0.15, 0.2) is 0 Å². The maximum atomic E-state index is 11.4. The van der Waals surface area contributed by atoms with Gasteiger partial charge in [-0.1, -0.05) is 36.8 Å². The van der Waals surface area contributed by atoms with Gasteiger partial charge >= 0.3 is 0 Å². The fourth-order valence-corrected chi connectivity index (χ4v) is 5.24. The van der Waals surface area contributed by atoms with E-state index in [-0.39, 0.29) is 39.5 Å². The SMILES string of the molecule is NC(C=O)CCCCN=Cc1ccnc(-c2ccccn2)c1.NCCCCC(N)C(=O)NCCOCCO.[HH].[Ru].c1ccc(-c2ccccn2)nc1.c1ccc(-c2ccccn2)nc1. The normalized spacial score (nSPS) is 11.2. The van der Waals surface area contributed by atoms with Gasteiger partial charge in [0.25, 0.3) is 0 Å². The fourth-order valence-electron chi connectivity index (χ4n) is 5.24. The Morgan fingerprint density at radius 1 is 0.667 bits per heavy atom. The molecule has 0 saturated heterocycles. The van der Waals surface area contributed by atoms with Gasteiger partial charge in [-0.15, -0.1) is 0 Å². The second kappa shape index (κ2) is 34.7. The molecule has 15 nitrogen and oxygen atoms in total. The number of aldehydes is 1. The average molecular weight is 945 g/mol. The molecular formula is C47H61N11O4Ru. The Balaban J connectivity index is 0.000000435. The number of amides is 1. The summed E-state index contributed by atoms with van der Waals surface area (Å²) in [5.41, 5.74) is 22.9. The number of unbranched alkanes of at least 4 members (excludes halogenated alkanes) is 2. The molecule has 16 heteroatoms. The second-order valence-corrected chi connectivity index (χ2v) is 13.4. The third kappa shape index (κ3) is 23.8. The topological polar surface area (TPSA) is 243 Å². The van der Waals surface area contributed by atoms with Crippen molar-refractivity contribution in [3.63, 3.8) is 0 Å². The van der Waals surface area contributed by atoms with Crippen LogP contribution in [-0.2, 0) is 33.8 Å². The molecule has 0 fully saturated rings. The van der Waals surface area contributed by atoms with Crippen molar-refractivity contribution < 1.29 is 40.3 Å². The minimum Gasteiger partial charge on any atom is -0.394 e. The van der Waals surface area contributed by atoms with Crippen LogP contribution >= 0.6 is 0 Å². The Morgan fingerprint density at radius 3 is 1.59 bits per heavy atom. The smallest absolute Gasteiger partial charge is 0.236 e. The molecule has 336 valence electrons. The zero-order valence-electron chi connectivity index (χ0n) is 35.5. The van der Waals surface area contributed by atoms with Crippen molar-refractivity contribution in [1.82, 2.24) is 35.2 Å². The number of aromatic nitrogens is 6. The van der Waals surface area contributed by atoms with Crippen LogP contribution in [0.1, 0.15) is 45.5 Å². The molecule has 2 unspecified atom stereocenters. The number of pyridine rings is 6. The molecule has 6 aromatic rings. The Bertz CT molecular complexity index is 1920. The van der Waals surface area contributed by atoms with Gasteiger partial charge in [0.1, 0.15) is 6.29 Å². The molecular weight excluding hydrogens is 884 g/mol. The van der Waals surface area contributed by atoms with Gasteiger partial charge in [0.2, 0.25) is 5.91 Å². The Morgan fingerprint density at radius 2 is 1.14 bits per heavy atom. The summed E-state index contributed by atoms with van der Waals surface area (Å²) in [6.45, 7) is 2.45. The van der Waals surface area contributed by atoms with Gasteiger partial charge in [-0.2, -0.15) is 0 Å². The zero-order valence-corrected chi connectivity index (χ0v) is 37.2. The fraction of sp³-hybridized carbons (Fsp3) is 0.298. The van der Waals surface area contributed by atoms with Crippen molar-refractivity contribution in [2.45, 2.75) is 50.6 Å². The summed E-state index contributed by atoms with van der Waals surface area (Å²) in [7, 11) is 0. The quantitative estimate of drug-likeness (QED) is 0.0281. The van der Waals surface area contributed by atoms with E-state index in [0.717, 1.165) is 84.7 Å². The van der Waals surface area contributed by atoms with E-state index < -0.39 is 6.04 Å². The number of ether oxygens (including phenoxy) is 1. The monoisotopic (exact) mass is 945 g/mol. The zero-order chi connectivity index (χ0) is 44.3. The molecule has 6 rings (SSSR count). The summed E-state index contributed by atoms with van der Waals surface area (Å²) < 4.78 is 4.99. The molecule has 2 atom stereocenters. The van der Waals surface area contributed by atoms with Gasteiger partial charge < -0.3 is 37.2 Å². The maximum Gasteiger partial charge on any atom is 0.236 e. The van der Waals surface area contributed by atoms with Crippen LogP contribution in [0.4, 0.5) is 0 Å². The molecule has 0 aromatic carbocycles. The van der Waals surface area contributed by atoms with Crippen LogP contribution < -0.4 is 22.5 Å². The second-order valence-electron chi connectivity index (χ2n) is 13.4. The molecule has 6 aromatic heterocycles. The predicted octanol–water partition coefficient (Wildman–Crippen LogP) is 5.36. The van der Waals surface area contributed by atoms with Crippen molar-refractivity contribution in [1.29, 1.82) is 0 Å². The van der Waals surface area contributed by atoms with Crippen LogP contribution in [0.3, 0.4) is 0 Å². The number of carbonyl (C=O) groups is 2. The standard InChI is InChI=1S/C17H20N4O.C10H23N3O3.2C10H8N2.Ru.H2/c18-15(13-22)5-1-3-8-19-12-14-7-10-21-17(11-14)16-6-2-4-9-20-16;11-4-2-1-3-9(12)10(15)13-5-7-16-8-6-14;2*1-3-7-11-9(5-1)10-6-2-4-8-12-10;;/h2,4,6-7,9-13,15H,1,3,5,8,18H2;9,14H,1-8,11-12H2,(H,13,15);2*1-8H;;1H. The first kappa shape index (κ1) is 53.3. The largest absolute Gasteiger partial charge is 0.394 e. The Kier molecular flexibility index (Phi) is 29.3. The van der Waals surface area contributed by atoms with E-state index in [1.807, 2.05) is 109 Å². The van der Waals surface area contributed by atoms with Crippen LogP contribution in [0.25, 0.3) is 34.2 Å². The molecule has 8 N–H and O–H groups in total. The number of nitrogens with two attached hydrogens (primary N) is 3. The Hall–Kier alpha value is -5.87. The number of nitrogens with zero attached hydrogens (tertiary/aromatic N) is 7. The van der Waals surface area contributed by atoms with Gasteiger partial charge in [-0.25, -0.2) is 0 Å². The molecule has 0 aliphatic rings. The number of hydrogen-bond donors (Lipinski definition) is 5. The van der Waals surface area contributed by atoms with Crippen LogP contribution in [0.5, 0.6) is 0 Å². The van der Waals surface area contributed by atoms with E-state index in [9.17, 15) is 9.59 Å². The molecule has 0 aliphatic carbocycles. The van der Waals surface area contributed by atoms with Crippen molar-refractivity contribution in [3.8, 4) is 34.2 Å². The van der Waals surface area contributed by atoms with Crippen LogP contribution in [-0.4, -0.2) is 105 Å². The summed E-state index contributed by atoms with van der Waals surface area (Å²) in [6.07, 6.45) is 18.2. The van der Waals surface area contributed by atoms with E-state index >= 15 is 0 Å². The molecule has 0 bridgehead atoms. The number of nitrogens with one attached hydrogen (secondary N) is 1. The van der Waals surface area contributed by atoms with Crippen LogP contribution in [0, 0.1) is 0 Å². The molecule has 0 spiro atoms. The van der Waals surface area contributed by atoms with Crippen LogP contribution in [0.2, 0.25) is 0 Å². The number of aliphatic imine (C=N–C) groups is 1. The van der Waals surface area contributed by atoms with Gasteiger partial charge in [0.05, 0.1) is 66.1 Å². The third-order valence-electron chi connectivity index (χ3n) is 8.47. The first-order valence-electron chi connectivity index (χ1n) is 20.6. The molecule has 0 aliphatic heterocycles.